The third kappa shape index (κ3) is 4.77. The number of allylic oxidation sites excluding steroid dienone is 1. The van der Waals surface area contributed by atoms with Crippen molar-refractivity contribution in [1.82, 2.24) is 14.8 Å². The molecule has 0 saturated carbocycles. The van der Waals surface area contributed by atoms with E-state index in [1.807, 2.05) is 6.07 Å². The lowest BCUT2D eigenvalue weighted by Crippen LogP contribution is -2.31. The van der Waals surface area contributed by atoms with Crippen molar-refractivity contribution in [2.75, 3.05) is 39.1 Å². The zero-order valence-electron chi connectivity index (χ0n) is 22.6. The molecule has 3 aromatic carbocycles. The van der Waals surface area contributed by atoms with Gasteiger partial charge >= 0.3 is 0 Å². The lowest BCUT2D eigenvalue weighted by Gasteiger charge is -2.28. The molecule has 0 spiro atoms. The fourth-order valence-corrected chi connectivity index (χ4v) is 4.67. The Morgan fingerprint density at radius 1 is 0.925 bits per heavy atom. The number of aromatic nitrogens is 3. The molecule has 1 aliphatic heterocycles. The topological polar surface area (TPSA) is 109 Å². The third-order valence-corrected chi connectivity index (χ3v) is 6.56. The molecule has 10 nitrogen and oxygen atoms in total. The number of amides is 1. The summed E-state index contributed by atoms with van der Waals surface area (Å²) < 4.78 is 37.3. The number of anilines is 2. The average Bonchev–Trinajstić information content (AvgIpc) is 3.40. The van der Waals surface area contributed by atoms with E-state index in [1.165, 1.54) is 40.6 Å². The van der Waals surface area contributed by atoms with E-state index in [-0.39, 0.29) is 5.91 Å². The van der Waals surface area contributed by atoms with Gasteiger partial charge in [-0.15, -0.1) is 5.10 Å². The monoisotopic (exact) mass is 545 g/mol. The normalized spacial score (nSPS) is 14.2. The molecule has 2 N–H and O–H groups in total. The van der Waals surface area contributed by atoms with Crippen LogP contribution in [-0.2, 0) is 4.79 Å². The molecular weight excluding hydrogens is 517 g/mol. The molecule has 0 fully saturated rings. The van der Waals surface area contributed by atoms with Crippen LogP contribution in [0.4, 0.5) is 16.0 Å². The second-order valence-corrected chi connectivity index (χ2v) is 8.89. The van der Waals surface area contributed by atoms with Crippen LogP contribution in [0.15, 0.2) is 71.9 Å². The van der Waals surface area contributed by atoms with Crippen molar-refractivity contribution in [1.29, 1.82) is 0 Å². The first-order valence-corrected chi connectivity index (χ1v) is 12.3. The smallest absolute Gasteiger partial charge is 0.255 e. The highest BCUT2D eigenvalue weighted by Crippen LogP contribution is 2.42. The van der Waals surface area contributed by atoms with Crippen LogP contribution in [0.3, 0.4) is 0 Å². The molecule has 1 aliphatic rings. The number of para-hydroxylation sites is 2. The first kappa shape index (κ1) is 26.5. The van der Waals surface area contributed by atoms with Crippen molar-refractivity contribution in [3.8, 4) is 34.4 Å². The summed E-state index contributed by atoms with van der Waals surface area (Å²) in [6.45, 7) is 1.78. The maximum atomic E-state index is 13.9. The first-order valence-electron chi connectivity index (χ1n) is 12.3. The highest BCUT2D eigenvalue weighted by Gasteiger charge is 2.35. The number of rotatable bonds is 8. The molecule has 1 amide bonds. The van der Waals surface area contributed by atoms with Crippen molar-refractivity contribution in [3.05, 3.63) is 83.3 Å². The van der Waals surface area contributed by atoms with Crippen molar-refractivity contribution in [3.63, 3.8) is 0 Å². The van der Waals surface area contributed by atoms with E-state index in [0.717, 1.165) is 0 Å². The predicted octanol–water partition coefficient (Wildman–Crippen LogP) is 5.05. The van der Waals surface area contributed by atoms with Gasteiger partial charge in [-0.1, -0.05) is 24.3 Å². The predicted molar refractivity (Wildman–Crippen MR) is 148 cm³/mol. The Kier molecular flexibility index (Phi) is 7.28. The maximum Gasteiger partial charge on any atom is 0.255 e. The van der Waals surface area contributed by atoms with E-state index in [1.54, 1.807) is 54.1 Å². The van der Waals surface area contributed by atoms with Gasteiger partial charge in [0.25, 0.3) is 5.91 Å². The largest absolute Gasteiger partial charge is 0.495 e. The van der Waals surface area contributed by atoms with E-state index >= 15 is 0 Å². The van der Waals surface area contributed by atoms with Crippen LogP contribution in [0.25, 0.3) is 11.4 Å². The zero-order chi connectivity index (χ0) is 28.4. The van der Waals surface area contributed by atoms with Crippen LogP contribution in [0, 0.1) is 5.82 Å². The summed E-state index contributed by atoms with van der Waals surface area (Å²) in [5, 5.41) is 10.9. The van der Waals surface area contributed by atoms with Crippen molar-refractivity contribution in [2.24, 2.45) is 0 Å². The Bertz CT molecular complexity index is 1570. The first-order chi connectivity index (χ1) is 19.4. The van der Waals surface area contributed by atoms with Gasteiger partial charge in [0.1, 0.15) is 17.6 Å². The summed E-state index contributed by atoms with van der Waals surface area (Å²) in [6.07, 6.45) is 0. The van der Waals surface area contributed by atoms with Gasteiger partial charge in [0, 0.05) is 11.3 Å². The van der Waals surface area contributed by atoms with Crippen LogP contribution in [0.1, 0.15) is 18.5 Å². The summed E-state index contributed by atoms with van der Waals surface area (Å²) in [5.74, 6) is 1.83. The van der Waals surface area contributed by atoms with Crippen LogP contribution in [0.2, 0.25) is 0 Å². The number of carbonyl (C=O) groups is 1. The van der Waals surface area contributed by atoms with Gasteiger partial charge in [-0.05, 0) is 48.9 Å². The van der Waals surface area contributed by atoms with Gasteiger partial charge in [-0.25, -0.2) is 9.07 Å². The average molecular weight is 546 g/mol. The maximum absolute atomic E-state index is 13.9. The Balaban J connectivity index is 1.61. The summed E-state index contributed by atoms with van der Waals surface area (Å²) >= 11 is 0. The van der Waals surface area contributed by atoms with E-state index < -0.39 is 11.9 Å². The summed E-state index contributed by atoms with van der Waals surface area (Å²) in [4.78, 5) is 18.5. The number of halogens is 1. The molecule has 11 heteroatoms. The van der Waals surface area contributed by atoms with Crippen LogP contribution < -0.4 is 29.6 Å². The zero-order valence-corrected chi connectivity index (χ0v) is 22.6. The van der Waals surface area contributed by atoms with Gasteiger partial charge in [-0.2, -0.15) is 4.98 Å². The molecule has 206 valence electrons. The molecule has 0 radical (unpaired) electrons. The van der Waals surface area contributed by atoms with Crippen LogP contribution >= 0.6 is 0 Å². The van der Waals surface area contributed by atoms with Gasteiger partial charge in [-0.3, -0.25) is 4.79 Å². The van der Waals surface area contributed by atoms with Crippen molar-refractivity contribution >= 4 is 17.5 Å². The second kappa shape index (κ2) is 11.0. The van der Waals surface area contributed by atoms with Crippen LogP contribution in [-0.4, -0.2) is 49.1 Å². The SMILES string of the molecule is COc1ccccc1NC(=O)C1=C(C)Nc2nc(-c3cc(OC)c(OC)c(OC)c3)nn2C1c1ccc(F)cc1. The molecule has 1 unspecified atom stereocenters. The molecule has 0 bridgehead atoms. The second-order valence-electron chi connectivity index (χ2n) is 8.89. The van der Waals surface area contributed by atoms with Crippen molar-refractivity contribution < 1.29 is 28.1 Å². The molecule has 5 rings (SSSR count). The molecule has 0 saturated heterocycles. The number of nitrogens with one attached hydrogen (secondary N) is 2. The number of methoxy groups -OCH3 is 4. The van der Waals surface area contributed by atoms with E-state index in [2.05, 4.69) is 10.6 Å². The Labute approximate surface area is 230 Å². The molecular formula is C29H28FN5O5. The minimum absolute atomic E-state index is 0.355. The van der Waals surface area contributed by atoms with Crippen molar-refractivity contribution in [2.45, 2.75) is 13.0 Å². The Hall–Kier alpha value is -5.06. The van der Waals surface area contributed by atoms with Gasteiger partial charge < -0.3 is 29.6 Å². The minimum atomic E-state index is -0.713. The summed E-state index contributed by atoms with van der Waals surface area (Å²) in [6, 6.07) is 15.8. The highest BCUT2D eigenvalue weighted by molar-refractivity contribution is 6.06. The third-order valence-electron chi connectivity index (χ3n) is 6.56. The highest BCUT2D eigenvalue weighted by atomic mass is 19.1. The molecule has 0 aliphatic carbocycles. The van der Waals surface area contributed by atoms with Gasteiger partial charge in [0.2, 0.25) is 11.7 Å². The summed E-state index contributed by atoms with van der Waals surface area (Å²) in [5.41, 5.74) is 2.71. The lowest BCUT2D eigenvalue weighted by atomic mass is 9.95. The fourth-order valence-electron chi connectivity index (χ4n) is 4.67. The number of hydrogen-bond donors (Lipinski definition) is 2. The molecule has 4 aromatic rings. The van der Waals surface area contributed by atoms with Crippen LogP contribution in [0.5, 0.6) is 23.0 Å². The Morgan fingerprint density at radius 3 is 2.20 bits per heavy atom. The number of hydrogen-bond acceptors (Lipinski definition) is 8. The van der Waals surface area contributed by atoms with E-state index in [4.69, 9.17) is 29.0 Å². The number of ether oxygens (including phenoxy) is 4. The number of benzene rings is 3. The standard InChI is InChI=1S/C29H28FN5O5/c1-16-24(28(36)32-20-8-6-7-9-21(20)37-2)25(17-10-12-19(30)13-11-17)35-29(31-16)33-27(34-35)18-14-22(38-3)26(40-5)23(15-18)39-4/h6-15,25H,1-5H3,(H,32,36)(H,31,33,34). The molecule has 2 heterocycles. The van der Waals surface area contributed by atoms with E-state index in [9.17, 15) is 9.18 Å². The quantitative estimate of drug-likeness (QED) is 0.317. The number of nitrogens with zero attached hydrogens (tertiary/aromatic N) is 3. The Morgan fingerprint density at radius 2 is 1.57 bits per heavy atom. The minimum Gasteiger partial charge on any atom is -0.495 e. The lowest BCUT2D eigenvalue weighted by molar-refractivity contribution is -0.113. The molecule has 1 atom stereocenters. The van der Waals surface area contributed by atoms with E-state index in [0.29, 0.717) is 62.9 Å². The molecule has 40 heavy (non-hydrogen) atoms. The van der Waals surface area contributed by atoms with Gasteiger partial charge in [0.05, 0.1) is 39.7 Å². The fraction of sp³-hybridized carbons (Fsp3) is 0.207. The number of carbonyl (C=O) groups excluding carboxylic acids is 1. The van der Waals surface area contributed by atoms with Gasteiger partial charge in [0.15, 0.2) is 17.3 Å². The molecule has 1 aromatic heterocycles. The summed E-state index contributed by atoms with van der Waals surface area (Å²) in [7, 11) is 6.11. The number of fused-ring (bicyclic) bond motifs is 1.